The predicted molar refractivity (Wildman–Crippen MR) is 126 cm³/mol. The molecule has 0 heterocycles. The second-order valence-corrected chi connectivity index (χ2v) is 9.78. The highest BCUT2D eigenvalue weighted by molar-refractivity contribution is 5.84. The molecule has 0 bridgehead atoms. The smallest absolute Gasteiger partial charge is 0.332 e. The average molecular weight is 486 g/mol. The lowest BCUT2D eigenvalue weighted by Crippen LogP contribution is -2.50. The maximum absolute atomic E-state index is 13.5. The Labute approximate surface area is 202 Å². The number of ether oxygens (including phenoxy) is 3. The van der Waals surface area contributed by atoms with Gasteiger partial charge in [0, 0.05) is 25.7 Å². The lowest BCUT2D eigenvalue weighted by atomic mass is 9.71. The van der Waals surface area contributed by atoms with Gasteiger partial charge in [-0.05, 0) is 64.2 Å². The molecular weight excluding hydrogens is 442 g/mol. The van der Waals surface area contributed by atoms with E-state index in [1.54, 1.807) is 14.0 Å². The van der Waals surface area contributed by atoms with E-state index in [2.05, 4.69) is 5.32 Å². The zero-order chi connectivity index (χ0) is 25.0. The molecule has 9 nitrogen and oxygen atoms in total. The van der Waals surface area contributed by atoms with Gasteiger partial charge in [-0.2, -0.15) is 0 Å². The molecule has 9 heteroatoms. The average Bonchev–Trinajstić information content (AvgIpc) is 3.30. The van der Waals surface area contributed by atoms with Crippen molar-refractivity contribution >= 4 is 17.8 Å². The zero-order valence-electron chi connectivity index (χ0n) is 20.8. The summed E-state index contributed by atoms with van der Waals surface area (Å²) in [5.41, 5.74) is -0.700. The number of carboxylic acid groups (broad SMARTS) is 2. The third-order valence-corrected chi connectivity index (χ3v) is 7.56. The summed E-state index contributed by atoms with van der Waals surface area (Å²) in [6.45, 7) is 3.23. The van der Waals surface area contributed by atoms with Crippen molar-refractivity contribution in [3.05, 3.63) is 0 Å². The molecule has 0 aromatic heterocycles. The molecule has 0 aromatic carbocycles. The van der Waals surface area contributed by atoms with Crippen LogP contribution in [0, 0.1) is 17.3 Å². The van der Waals surface area contributed by atoms with Crippen LogP contribution in [0.3, 0.4) is 0 Å². The van der Waals surface area contributed by atoms with Crippen molar-refractivity contribution in [2.45, 2.75) is 89.7 Å². The number of aliphatic carboxylic acids is 2. The molecule has 2 unspecified atom stereocenters. The Bertz CT molecular complexity index is 641. The maximum Gasteiger partial charge on any atom is 0.332 e. The number of amides is 1. The molecule has 34 heavy (non-hydrogen) atoms. The fourth-order valence-electron chi connectivity index (χ4n) is 5.61. The molecule has 2 rings (SSSR count). The van der Waals surface area contributed by atoms with Crippen LogP contribution < -0.4 is 5.32 Å². The van der Waals surface area contributed by atoms with Crippen molar-refractivity contribution in [2.75, 3.05) is 33.5 Å². The molecule has 2 aliphatic rings. The number of methoxy groups -OCH3 is 1. The second-order valence-electron chi connectivity index (χ2n) is 9.78. The van der Waals surface area contributed by atoms with Crippen molar-refractivity contribution in [3.8, 4) is 0 Å². The topological polar surface area (TPSA) is 131 Å². The summed E-state index contributed by atoms with van der Waals surface area (Å²) in [5, 5.41) is 22.0. The number of carbonyl (C=O) groups excluding carboxylic acids is 1. The third-order valence-electron chi connectivity index (χ3n) is 7.56. The fourth-order valence-corrected chi connectivity index (χ4v) is 5.61. The summed E-state index contributed by atoms with van der Waals surface area (Å²) in [4.78, 5) is 36.4. The van der Waals surface area contributed by atoms with E-state index >= 15 is 0 Å². The summed E-state index contributed by atoms with van der Waals surface area (Å²) in [6, 6.07) is 0.0725. The van der Waals surface area contributed by atoms with Crippen LogP contribution in [0.2, 0.25) is 0 Å². The predicted octanol–water partition coefficient (Wildman–Crippen LogP) is 3.25. The summed E-state index contributed by atoms with van der Waals surface area (Å²) < 4.78 is 16.0. The van der Waals surface area contributed by atoms with Crippen LogP contribution in [0.15, 0.2) is 0 Å². The molecular formula is C25H43NO8. The van der Waals surface area contributed by atoms with Crippen LogP contribution >= 0.6 is 0 Å². The highest BCUT2D eigenvalue weighted by Crippen LogP contribution is 2.46. The lowest BCUT2D eigenvalue weighted by molar-refractivity contribution is -0.151. The van der Waals surface area contributed by atoms with Gasteiger partial charge in [0.2, 0.25) is 5.91 Å². The molecule has 2 fully saturated rings. The van der Waals surface area contributed by atoms with Crippen LogP contribution in [-0.4, -0.2) is 73.7 Å². The number of hydrogen-bond donors (Lipinski definition) is 3. The molecule has 3 N–H and O–H groups in total. The van der Waals surface area contributed by atoms with Gasteiger partial charge >= 0.3 is 11.9 Å². The summed E-state index contributed by atoms with van der Waals surface area (Å²) in [5.74, 6) is -1.78. The van der Waals surface area contributed by atoms with Gasteiger partial charge in [0.15, 0.2) is 6.10 Å². The first-order valence-corrected chi connectivity index (χ1v) is 12.8. The Kier molecular flexibility index (Phi) is 12.3. The van der Waals surface area contributed by atoms with Crippen LogP contribution in [0.25, 0.3) is 0 Å². The van der Waals surface area contributed by atoms with Gasteiger partial charge in [0.1, 0.15) is 0 Å². The molecule has 2 aliphatic carbocycles. The van der Waals surface area contributed by atoms with Gasteiger partial charge < -0.3 is 29.7 Å². The van der Waals surface area contributed by atoms with Gasteiger partial charge in [-0.25, -0.2) is 4.79 Å². The highest BCUT2D eigenvalue weighted by atomic mass is 16.5. The van der Waals surface area contributed by atoms with Gasteiger partial charge in [-0.3, -0.25) is 9.59 Å². The number of rotatable bonds is 16. The van der Waals surface area contributed by atoms with E-state index in [0.717, 1.165) is 44.9 Å². The molecule has 2 atom stereocenters. The number of nitrogens with one attached hydrogen (secondary N) is 1. The van der Waals surface area contributed by atoms with E-state index in [-0.39, 0.29) is 30.9 Å². The minimum atomic E-state index is -0.911. The summed E-state index contributed by atoms with van der Waals surface area (Å²) >= 11 is 0. The number of hydrogen-bond acceptors (Lipinski definition) is 6. The van der Waals surface area contributed by atoms with Crippen molar-refractivity contribution < 1.29 is 38.8 Å². The number of carboxylic acids is 2. The Balaban J connectivity index is 1.91. The zero-order valence-corrected chi connectivity index (χ0v) is 20.8. The minimum absolute atomic E-state index is 0.0303. The van der Waals surface area contributed by atoms with Gasteiger partial charge in [0.25, 0.3) is 0 Å². The fraction of sp³-hybridized carbons (Fsp3) is 0.880. The van der Waals surface area contributed by atoms with Gasteiger partial charge in [0.05, 0.1) is 31.7 Å². The Hall–Kier alpha value is -1.71. The Morgan fingerprint density at radius 3 is 2.29 bits per heavy atom. The molecule has 0 aliphatic heterocycles. The highest BCUT2D eigenvalue weighted by Gasteiger charge is 2.48. The van der Waals surface area contributed by atoms with Crippen molar-refractivity contribution in [2.24, 2.45) is 17.3 Å². The first-order valence-electron chi connectivity index (χ1n) is 12.8. The molecule has 0 saturated heterocycles. The SMILES string of the molecule is CCOC(CCC1CCC(NC(=O)C2(C(COCCOC)CC(=O)O)CCCC2)CC1)C(=O)O. The van der Waals surface area contributed by atoms with E-state index in [9.17, 15) is 24.6 Å². The van der Waals surface area contributed by atoms with E-state index in [1.165, 1.54) is 0 Å². The van der Waals surface area contributed by atoms with Crippen LogP contribution in [-0.2, 0) is 28.6 Å². The van der Waals surface area contributed by atoms with Crippen molar-refractivity contribution in [1.29, 1.82) is 0 Å². The summed E-state index contributed by atoms with van der Waals surface area (Å²) in [6.07, 6.45) is 7.28. The van der Waals surface area contributed by atoms with Gasteiger partial charge in [-0.1, -0.05) is 12.8 Å². The maximum atomic E-state index is 13.5. The van der Waals surface area contributed by atoms with Crippen LogP contribution in [0.1, 0.15) is 77.6 Å². The summed E-state index contributed by atoms with van der Waals surface area (Å²) in [7, 11) is 1.59. The van der Waals surface area contributed by atoms with E-state index in [1.807, 2.05) is 0 Å². The lowest BCUT2D eigenvalue weighted by Gasteiger charge is -2.38. The van der Waals surface area contributed by atoms with Crippen LogP contribution in [0.5, 0.6) is 0 Å². The molecule has 1 amide bonds. The first-order chi connectivity index (χ1) is 16.3. The monoisotopic (exact) mass is 485 g/mol. The van der Waals surface area contributed by atoms with Crippen molar-refractivity contribution in [3.63, 3.8) is 0 Å². The molecule has 0 radical (unpaired) electrons. The Morgan fingerprint density at radius 2 is 1.74 bits per heavy atom. The molecule has 2 saturated carbocycles. The standard InChI is InChI=1S/C25H43NO8/c1-3-34-21(23(29)30)11-8-18-6-9-20(10-7-18)26-24(31)25(12-4-5-13-25)19(16-22(27)28)17-33-15-14-32-2/h18-21H,3-17H2,1-2H3,(H,26,31)(H,27,28)(H,29,30). The van der Waals surface area contributed by atoms with E-state index in [4.69, 9.17) is 14.2 Å². The minimum Gasteiger partial charge on any atom is -0.481 e. The van der Waals surface area contributed by atoms with Crippen molar-refractivity contribution in [1.82, 2.24) is 5.32 Å². The van der Waals surface area contributed by atoms with E-state index < -0.39 is 23.5 Å². The molecule has 0 aromatic rings. The van der Waals surface area contributed by atoms with Gasteiger partial charge in [-0.15, -0.1) is 0 Å². The normalized spacial score (nSPS) is 23.8. The third kappa shape index (κ3) is 8.50. The quantitative estimate of drug-likeness (QED) is 0.284. The van der Waals surface area contributed by atoms with E-state index in [0.29, 0.717) is 45.0 Å². The largest absolute Gasteiger partial charge is 0.481 e. The second kappa shape index (κ2) is 14.6. The first kappa shape index (κ1) is 28.5. The Morgan fingerprint density at radius 1 is 1.06 bits per heavy atom. The number of carbonyl (C=O) groups is 3. The molecule has 0 spiro atoms. The molecule has 196 valence electrons. The van der Waals surface area contributed by atoms with Crippen LogP contribution in [0.4, 0.5) is 0 Å².